The molecular weight excluding hydrogens is 306 g/mol. The summed E-state index contributed by atoms with van der Waals surface area (Å²) in [6.45, 7) is 0.288. The Labute approximate surface area is 141 Å². The number of nitrogens with one attached hydrogen (secondary N) is 1. The smallest absolute Gasteiger partial charge is 0.317 e. The van der Waals surface area contributed by atoms with Crippen LogP contribution in [0.2, 0.25) is 0 Å². The third kappa shape index (κ3) is 4.31. The Morgan fingerprint density at radius 3 is 2.67 bits per heavy atom. The van der Waals surface area contributed by atoms with Gasteiger partial charge in [0.2, 0.25) is 11.7 Å². The lowest BCUT2D eigenvalue weighted by Crippen LogP contribution is -2.42. The van der Waals surface area contributed by atoms with Crippen molar-refractivity contribution in [1.82, 2.24) is 25.3 Å². The molecule has 0 aliphatic heterocycles. The molecule has 24 heavy (non-hydrogen) atoms. The third-order valence-corrected chi connectivity index (χ3v) is 4.31. The molecule has 1 aliphatic carbocycles. The Balaban J connectivity index is 1.55. The highest BCUT2D eigenvalue weighted by molar-refractivity contribution is 5.74. The summed E-state index contributed by atoms with van der Waals surface area (Å²) in [6, 6.07) is 3.82. The first-order chi connectivity index (χ1) is 11.7. The number of amides is 2. The molecule has 2 heterocycles. The summed E-state index contributed by atoms with van der Waals surface area (Å²) < 4.78 is 5.25. The zero-order chi connectivity index (χ0) is 16.8. The van der Waals surface area contributed by atoms with Crippen molar-refractivity contribution in [2.24, 2.45) is 0 Å². The molecule has 2 aromatic heterocycles. The molecule has 0 atom stereocenters. The summed E-state index contributed by atoms with van der Waals surface area (Å²) in [5, 5.41) is 7.06. The number of hydrogen-bond acceptors (Lipinski definition) is 5. The molecule has 128 valence electrons. The standard InChI is InChI=1S/C17H23N5O2/c1-22(17(23)19-14-6-4-2-3-5-7-14)12-15-20-16(21-24-15)13-8-10-18-11-9-13/h8-11,14H,2-7,12H2,1H3,(H,19,23). The first-order valence-electron chi connectivity index (χ1n) is 8.47. The molecule has 0 bridgehead atoms. The van der Waals surface area contributed by atoms with E-state index in [4.69, 9.17) is 4.52 Å². The molecule has 3 rings (SSSR count). The van der Waals surface area contributed by atoms with Gasteiger partial charge in [-0.05, 0) is 25.0 Å². The molecular formula is C17H23N5O2. The van der Waals surface area contributed by atoms with Gasteiger partial charge in [0.05, 0.1) is 0 Å². The van der Waals surface area contributed by atoms with Crippen LogP contribution in [0.15, 0.2) is 29.0 Å². The summed E-state index contributed by atoms with van der Waals surface area (Å²) >= 11 is 0. The zero-order valence-electron chi connectivity index (χ0n) is 13.9. The number of urea groups is 1. The molecule has 7 heteroatoms. The van der Waals surface area contributed by atoms with Gasteiger partial charge < -0.3 is 14.7 Å². The van der Waals surface area contributed by atoms with Gasteiger partial charge in [0, 0.05) is 31.0 Å². The molecule has 1 aliphatic rings. The van der Waals surface area contributed by atoms with Gasteiger partial charge in [-0.15, -0.1) is 0 Å². The Bertz CT molecular complexity index is 650. The van der Waals surface area contributed by atoms with Crippen molar-refractivity contribution >= 4 is 6.03 Å². The van der Waals surface area contributed by atoms with E-state index in [1.165, 1.54) is 25.7 Å². The summed E-state index contributed by atoms with van der Waals surface area (Å²) in [5.74, 6) is 0.922. The first-order valence-corrected chi connectivity index (χ1v) is 8.47. The normalized spacial score (nSPS) is 15.7. The number of aromatic nitrogens is 3. The van der Waals surface area contributed by atoms with E-state index in [1.807, 2.05) is 12.1 Å². The van der Waals surface area contributed by atoms with Crippen LogP contribution in [0, 0.1) is 0 Å². The summed E-state index contributed by atoms with van der Waals surface area (Å²) in [7, 11) is 1.74. The van der Waals surface area contributed by atoms with E-state index >= 15 is 0 Å². The second kappa shape index (κ2) is 7.90. The fourth-order valence-corrected chi connectivity index (χ4v) is 2.92. The summed E-state index contributed by atoms with van der Waals surface area (Å²) in [6.07, 6.45) is 10.4. The Morgan fingerprint density at radius 2 is 1.96 bits per heavy atom. The molecule has 0 radical (unpaired) electrons. The monoisotopic (exact) mass is 329 g/mol. The number of carbonyl (C=O) groups is 1. The van der Waals surface area contributed by atoms with Crippen LogP contribution in [0.5, 0.6) is 0 Å². The van der Waals surface area contributed by atoms with Gasteiger partial charge in [0.25, 0.3) is 0 Å². The quantitative estimate of drug-likeness (QED) is 0.872. The minimum Gasteiger partial charge on any atom is -0.337 e. The largest absolute Gasteiger partial charge is 0.337 e. The number of nitrogens with zero attached hydrogens (tertiary/aromatic N) is 4. The minimum absolute atomic E-state index is 0.0921. The van der Waals surface area contributed by atoms with Crippen molar-refractivity contribution in [2.75, 3.05) is 7.05 Å². The lowest BCUT2D eigenvalue weighted by atomic mass is 10.1. The van der Waals surface area contributed by atoms with Gasteiger partial charge in [0.1, 0.15) is 6.54 Å². The highest BCUT2D eigenvalue weighted by Gasteiger charge is 2.19. The predicted octanol–water partition coefficient (Wildman–Crippen LogP) is 3.00. The van der Waals surface area contributed by atoms with Gasteiger partial charge in [-0.2, -0.15) is 4.98 Å². The van der Waals surface area contributed by atoms with Crippen LogP contribution < -0.4 is 5.32 Å². The first kappa shape index (κ1) is 16.4. The molecule has 1 N–H and O–H groups in total. The second-order valence-corrected chi connectivity index (χ2v) is 6.24. The maximum atomic E-state index is 12.3. The lowest BCUT2D eigenvalue weighted by Gasteiger charge is -2.21. The van der Waals surface area contributed by atoms with Crippen molar-refractivity contribution < 1.29 is 9.32 Å². The van der Waals surface area contributed by atoms with Crippen LogP contribution in [-0.4, -0.2) is 39.1 Å². The van der Waals surface area contributed by atoms with Gasteiger partial charge in [-0.3, -0.25) is 4.98 Å². The number of pyridine rings is 1. The lowest BCUT2D eigenvalue weighted by molar-refractivity contribution is 0.194. The van der Waals surface area contributed by atoms with Crippen molar-refractivity contribution in [3.05, 3.63) is 30.4 Å². The number of carbonyl (C=O) groups excluding carboxylic acids is 1. The van der Waals surface area contributed by atoms with E-state index in [9.17, 15) is 4.79 Å². The topological polar surface area (TPSA) is 84.2 Å². The SMILES string of the molecule is CN(Cc1nc(-c2ccncc2)no1)C(=O)NC1CCCCCC1. The van der Waals surface area contributed by atoms with Crippen LogP contribution in [-0.2, 0) is 6.54 Å². The van der Waals surface area contributed by atoms with Crippen LogP contribution in [0.25, 0.3) is 11.4 Å². The van der Waals surface area contributed by atoms with Crippen molar-refractivity contribution in [3.8, 4) is 11.4 Å². The van der Waals surface area contributed by atoms with E-state index < -0.39 is 0 Å². The third-order valence-electron chi connectivity index (χ3n) is 4.31. The Kier molecular flexibility index (Phi) is 5.40. The van der Waals surface area contributed by atoms with Gasteiger partial charge in [0.15, 0.2) is 0 Å². The van der Waals surface area contributed by atoms with Gasteiger partial charge in [-0.25, -0.2) is 4.79 Å². The molecule has 0 aromatic carbocycles. The van der Waals surface area contributed by atoms with E-state index in [1.54, 1.807) is 24.3 Å². The molecule has 2 aromatic rings. The number of rotatable bonds is 4. The van der Waals surface area contributed by atoms with Gasteiger partial charge >= 0.3 is 6.03 Å². The molecule has 0 spiro atoms. The summed E-state index contributed by atoms with van der Waals surface area (Å²) in [4.78, 5) is 22.2. The molecule has 7 nitrogen and oxygen atoms in total. The van der Waals surface area contributed by atoms with E-state index in [0.29, 0.717) is 11.7 Å². The fraction of sp³-hybridized carbons (Fsp3) is 0.529. The highest BCUT2D eigenvalue weighted by Crippen LogP contribution is 2.18. The highest BCUT2D eigenvalue weighted by atomic mass is 16.5. The summed E-state index contributed by atoms with van der Waals surface area (Å²) in [5.41, 5.74) is 0.838. The Morgan fingerprint density at radius 1 is 1.25 bits per heavy atom. The van der Waals surface area contributed by atoms with E-state index in [-0.39, 0.29) is 18.6 Å². The minimum atomic E-state index is -0.0921. The fourth-order valence-electron chi connectivity index (χ4n) is 2.92. The van der Waals surface area contributed by atoms with Crippen LogP contribution >= 0.6 is 0 Å². The van der Waals surface area contributed by atoms with E-state index in [0.717, 1.165) is 18.4 Å². The van der Waals surface area contributed by atoms with Crippen molar-refractivity contribution in [2.45, 2.75) is 51.1 Å². The second-order valence-electron chi connectivity index (χ2n) is 6.24. The van der Waals surface area contributed by atoms with E-state index in [2.05, 4.69) is 20.4 Å². The van der Waals surface area contributed by atoms with Crippen molar-refractivity contribution in [1.29, 1.82) is 0 Å². The van der Waals surface area contributed by atoms with Crippen LogP contribution in [0.1, 0.15) is 44.4 Å². The zero-order valence-corrected chi connectivity index (χ0v) is 13.9. The average Bonchev–Trinajstić information content (AvgIpc) is 2.91. The van der Waals surface area contributed by atoms with Crippen LogP contribution in [0.4, 0.5) is 4.79 Å². The van der Waals surface area contributed by atoms with Gasteiger partial charge in [-0.1, -0.05) is 30.8 Å². The average molecular weight is 329 g/mol. The maximum Gasteiger partial charge on any atom is 0.317 e. The van der Waals surface area contributed by atoms with Crippen LogP contribution in [0.3, 0.4) is 0 Å². The number of hydrogen-bond donors (Lipinski definition) is 1. The molecule has 1 saturated carbocycles. The molecule has 1 fully saturated rings. The van der Waals surface area contributed by atoms with Crippen molar-refractivity contribution in [3.63, 3.8) is 0 Å². The Hall–Kier alpha value is -2.44. The maximum absolute atomic E-state index is 12.3. The molecule has 0 saturated heterocycles. The molecule has 0 unspecified atom stereocenters. The predicted molar refractivity (Wildman–Crippen MR) is 89.0 cm³/mol. The molecule has 2 amide bonds.